The van der Waals surface area contributed by atoms with Crippen LogP contribution in [0.2, 0.25) is 0 Å². The van der Waals surface area contributed by atoms with Gasteiger partial charge in [-0.05, 0) is 32.0 Å². The highest BCUT2D eigenvalue weighted by molar-refractivity contribution is 7.90. The Bertz CT molecular complexity index is 621. The SMILES string of the molecule is CC1CN(S(=O)(=O)Nc2cccc(C(=O)O)c2)CC(C)O1. The summed E-state index contributed by atoms with van der Waals surface area (Å²) in [7, 11) is -3.73. The van der Waals surface area contributed by atoms with Crippen molar-refractivity contribution in [3.8, 4) is 0 Å². The number of nitrogens with zero attached hydrogens (tertiary/aromatic N) is 1. The molecule has 1 heterocycles. The third-order valence-corrected chi connectivity index (χ3v) is 4.55. The minimum absolute atomic E-state index is 0.0268. The predicted octanol–water partition coefficient (Wildman–Crippen LogP) is 1.15. The number of carbonyl (C=O) groups is 1. The minimum atomic E-state index is -3.73. The number of carboxylic acid groups (broad SMARTS) is 1. The molecule has 2 atom stereocenters. The lowest BCUT2D eigenvalue weighted by molar-refractivity contribution is -0.0439. The van der Waals surface area contributed by atoms with E-state index < -0.39 is 16.2 Å². The number of morpholine rings is 1. The zero-order chi connectivity index (χ0) is 15.6. The Morgan fingerprint density at radius 1 is 1.33 bits per heavy atom. The summed E-state index contributed by atoms with van der Waals surface area (Å²) in [6.07, 6.45) is -0.369. The van der Waals surface area contributed by atoms with Crippen LogP contribution >= 0.6 is 0 Å². The molecule has 2 N–H and O–H groups in total. The Morgan fingerprint density at radius 2 is 1.95 bits per heavy atom. The standard InChI is InChI=1S/C13H18N2O5S/c1-9-7-15(8-10(2)20-9)21(18,19)14-12-5-3-4-11(6-12)13(16)17/h3-6,9-10,14H,7-8H2,1-2H3,(H,16,17). The van der Waals surface area contributed by atoms with Crippen molar-refractivity contribution in [2.75, 3.05) is 17.8 Å². The van der Waals surface area contributed by atoms with Crippen molar-refractivity contribution in [3.63, 3.8) is 0 Å². The zero-order valence-corrected chi connectivity index (χ0v) is 12.6. The summed E-state index contributed by atoms with van der Waals surface area (Å²) in [6.45, 7) is 4.14. The first-order valence-corrected chi connectivity index (χ1v) is 7.98. The van der Waals surface area contributed by atoms with E-state index in [-0.39, 0.29) is 36.5 Å². The molecule has 0 amide bonds. The summed E-state index contributed by atoms with van der Waals surface area (Å²) in [6, 6.07) is 5.69. The van der Waals surface area contributed by atoms with Gasteiger partial charge in [-0.2, -0.15) is 12.7 Å². The summed E-state index contributed by atoms with van der Waals surface area (Å²) < 4.78 is 33.9. The second-order valence-electron chi connectivity index (χ2n) is 5.07. The third-order valence-electron chi connectivity index (χ3n) is 3.08. The van der Waals surface area contributed by atoms with Crippen LogP contribution < -0.4 is 4.72 Å². The molecule has 0 aromatic heterocycles. The lowest BCUT2D eigenvalue weighted by atomic mass is 10.2. The number of anilines is 1. The molecule has 21 heavy (non-hydrogen) atoms. The maximum atomic E-state index is 12.3. The Labute approximate surface area is 123 Å². The van der Waals surface area contributed by atoms with E-state index in [4.69, 9.17) is 9.84 Å². The molecule has 8 heteroatoms. The molecule has 7 nitrogen and oxygen atoms in total. The van der Waals surface area contributed by atoms with Gasteiger partial charge in [-0.3, -0.25) is 4.72 Å². The molecule has 1 aromatic carbocycles. The van der Waals surface area contributed by atoms with Crippen LogP contribution in [0.15, 0.2) is 24.3 Å². The van der Waals surface area contributed by atoms with Crippen molar-refractivity contribution in [1.82, 2.24) is 4.31 Å². The van der Waals surface area contributed by atoms with Crippen molar-refractivity contribution < 1.29 is 23.1 Å². The highest BCUT2D eigenvalue weighted by Gasteiger charge is 2.31. The van der Waals surface area contributed by atoms with Gasteiger partial charge in [0.05, 0.1) is 23.5 Å². The summed E-state index contributed by atoms with van der Waals surface area (Å²) >= 11 is 0. The molecule has 0 saturated carbocycles. The van der Waals surface area contributed by atoms with Gasteiger partial charge in [-0.15, -0.1) is 0 Å². The first-order valence-electron chi connectivity index (χ1n) is 6.54. The average molecular weight is 314 g/mol. The van der Waals surface area contributed by atoms with E-state index in [0.717, 1.165) is 0 Å². The van der Waals surface area contributed by atoms with Gasteiger partial charge in [-0.25, -0.2) is 4.79 Å². The van der Waals surface area contributed by atoms with Gasteiger partial charge < -0.3 is 9.84 Å². The van der Waals surface area contributed by atoms with Gasteiger partial charge in [0, 0.05) is 13.1 Å². The highest BCUT2D eigenvalue weighted by Crippen LogP contribution is 2.18. The number of benzene rings is 1. The van der Waals surface area contributed by atoms with Crippen LogP contribution in [0.3, 0.4) is 0 Å². The van der Waals surface area contributed by atoms with Crippen LogP contribution in [-0.2, 0) is 14.9 Å². The minimum Gasteiger partial charge on any atom is -0.478 e. The molecule has 0 bridgehead atoms. The van der Waals surface area contributed by atoms with E-state index in [9.17, 15) is 13.2 Å². The average Bonchev–Trinajstić information content (AvgIpc) is 2.37. The van der Waals surface area contributed by atoms with E-state index in [1.807, 2.05) is 13.8 Å². The maximum absolute atomic E-state index is 12.3. The first-order chi connectivity index (χ1) is 9.78. The topological polar surface area (TPSA) is 95.9 Å². The summed E-state index contributed by atoms with van der Waals surface area (Å²) in [4.78, 5) is 10.9. The molecule has 0 aliphatic carbocycles. The lowest BCUT2D eigenvalue weighted by Gasteiger charge is -2.34. The largest absolute Gasteiger partial charge is 0.478 e. The molecule has 2 rings (SSSR count). The number of hydrogen-bond acceptors (Lipinski definition) is 4. The molecule has 116 valence electrons. The Hall–Kier alpha value is -1.64. The van der Waals surface area contributed by atoms with E-state index in [1.54, 1.807) is 0 Å². The van der Waals surface area contributed by atoms with Crippen molar-refractivity contribution in [2.24, 2.45) is 0 Å². The molecule has 0 radical (unpaired) electrons. The summed E-state index contributed by atoms with van der Waals surface area (Å²) in [5.74, 6) is -1.11. The lowest BCUT2D eigenvalue weighted by Crippen LogP contribution is -2.49. The van der Waals surface area contributed by atoms with E-state index in [2.05, 4.69) is 4.72 Å². The Morgan fingerprint density at radius 3 is 2.52 bits per heavy atom. The number of ether oxygens (including phenoxy) is 1. The van der Waals surface area contributed by atoms with Crippen LogP contribution in [0.25, 0.3) is 0 Å². The number of aromatic carboxylic acids is 1. The normalized spacial score (nSPS) is 23.7. The fourth-order valence-corrected chi connectivity index (χ4v) is 3.62. The number of nitrogens with one attached hydrogen (secondary N) is 1. The molecule has 1 aromatic rings. The fourth-order valence-electron chi connectivity index (χ4n) is 2.26. The Balaban J connectivity index is 2.17. The number of hydrogen-bond donors (Lipinski definition) is 2. The van der Waals surface area contributed by atoms with Crippen molar-refractivity contribution in [3.05, 3.63) is 29.8 Å². The quantitative estimate of drug-likeness (QED) is 0.869. The summed E-state index contributed by atoms with van der Waals surface area (Å²) in [5.41, 5.74) is 0.251. The van der Waals surface area contributed by atoms with Gasteiger partial charge >= 0.3 is 16.2 Å². The van der Waals surface area contributed by atoms with Gasteiger partial charge in [0.15, 0.2) is 0 Å². The number of rotatable bonds is 4. The van der Waals surface area contributed by atoms with Gasteiger partial charge in [0.2, 0.25) is 0 Å². The van der Waals surface area contributed by atoms with E-state index in [1.165, 1.54) is 28.6 Å². The Kier molecular flexibility index (Phi) is 4.50. The second kappa shape index (κ2) is 6.00. The summed E-state index contributed by atoms with van der Waals surface area (Å²) in [5, 5.41) is 8.92. The van der Waals surface area contributed by atoms with E-state index >= 15 is 0 Å². The molecular weight excluding hydrogens is 296 g/mol. The van der Waals surface area contributed by atoms with Gasteiger partial charge in [-0.1, -0.05) is 6.07 Å². The molecule has 1 aliphatic rings. The molecule has 1 saturated heterocycles. The van der Waals surface area contributed by atoms with Gasteiger partial charge in [0.1, 0.15) is 0 Å². The van der Waals surface area contributed by atoms with Crippen LogP contribution in [0.4, 0.5) is 5.69 Å². The van der Waals surface area contributed by atoms with Crippen molar-refractivity contribution in [2.45, 2.75) is 26.1 Å². The predicted molar refractivity (Wildman–Crippen MR) is 77.5 cm³/mol. The molecule has 1 fully saturated rings. The second-order valence-corrected chi connectivity index (χ2v) is 6.74. The molecule has 2 unspecified atom stereocenters. The maximum Gasteiger partial charge on any atom is 0.335 e. The first kappa shape index (κ1) is 15.7. The third kappa shape index (κ3) is 3.93. The van der Waals surface area contributed by atoms with Crippen molar-refractivity contribution in [1.29, 1.82) is 0 Å². The van der Waals surface area contributed by atoms with Crippen LogP contribution in [0.1, 0.15) is 24.2 Å². The zero-order valence-electron chi connectivity index (χ0n) is 11.8. The smallest absolute Gasteiger partial charge is 0.335 e. The van der Waals surface area contributed by atoms with Gasteiger partial charge in [0.25, 0.3) is 0 Å². The molecule has 1 aliphatic heterocycles. The van der Waals surface area contributed by atoms with Crippen LogP contribution in [0, 0.1) is 0 Å². The van der Waals surface area contributed by atoms with Crippen molar-refractivity contribution >= 4 is 21.9 Å². The van der Waals surface area contributed by atoms with Crippen LogP contribution in [0.5, 0.6) is 0 Å². The molecule has 0 spiro atoms. The molecular formula is C13H18N2O5S. The fraction of sp³-hybridized carbons (Fsp3) is 0.462. The monoisotopic (exact) mass is 314 g/mol. The number of carboxylic acids is 1. The van der Waals surface area contributed by atoms with E-state index in [0.29, 0.717) is 0 Å². The highest BCUT2D eigenvalue weighted by atomic mass is 32.2. The van der Waals surface area contributed by atoms with Crippen LogP contribution in [-0.4, -0.2) is 49.1 Å².